The molecule has 0 radical (unpaired) electrons. The molecule has 77 heavy (non-hydrogen) atoms. The smallest absolute Gasteiger partial charge is 0.306 e. The lowest BCUT2D eigenvalue weighted by atomic mass is 9.81. The van der Waals surface area contributed by atoms with Crippen LogP contribution in [0.15, 0.2) is 41.8 Å². The van der Waals surface area contributed by atoms with E-state index in [1.54, 1.807) is 36.6 Å². The van der Waals surface area contributed by atoms with E-state index in [4.69, 9.17) is 4.74 Å². The van der Waals surface area contributed by atoms with E-state index in [2.05, 4.69) is 32.8 Å². The number of thiazole rings is 1. The fourth-order valence-corrected chi connectivity index (χ4v) is 11.1. The average Bonchev–Trinajstić information content (AvgIpc) is 4.01. The fraction of sp³-hybridized carbons (Fsp3) is 0.655. The van der Waals surface area contributed by atoms with Crippen LogP contribution in [0.2, 0.25) is 0 Å². The molecule has 1 aromatic heterocycles. The number of unbranched alkanes of at least 4 members (excludes halogenated alkanes) is 4. The van der Waals surface area contributed by atoms with E-state index < -0.39 is 53.9 Å². The average molecular weight is 1090 g/mol. The summed E-state index contributed by atoms with van der Waals surface area (Å²) < 4.78 is 5.89. The second kappa shape index (κ2) is 31.5. The number of ketones is 1. The van der Waals surface area contributed by atoms with Crippen molar-refractivity contribution in [3.05, 3.63) is 58.1 Å². The van der Waals surface area contributed by atoms with Gasteiger partial charge in [-0.05, 0) is 101 Å². The van der Waals surface area contributed by atoms with Crippen LogP contribution < -0.4 is 16.0 Å². The molecule has 4 N–H and O–H groups in total. The SMILES string of the molecule is CCCCC[C@H](NC(=O)CCCCCN1C(=O)C=CC1=O)C(=O)Nc1ccc(C[C@@H](C[C@H](C)C(=O)O)NC(=O)c2csc([C@@H](C[C@H](C(C)C)N(CC)C(=O)[C@@H](CC(=O)[C@H]3C[C@H](C)CCN3C)[C@@H](C)CC)OC(C)=O)n2)cc1. The van der Waals surface area contributed by atoms with Crippen LogP contribution in [0, 0.1) is 29.6 Å². The van der Waals surface area contributed by atoms with Gasteiger partial charge >= 0.3 is 11.9 Å². The summed E-state index contributed by atoms with van der Waals surface area (Å²) in [7, 11) is 1.98. The van der Waals surface area contributed by atoms with E-state index in [1.165, 1.54) is 24.0 Å². The topological polar surface area (TPSA) is 242 Å². The molecule has 9 atom stereocenters. The van der Waals surface area contributed by atoms with Gasteiger partial charge in [-0.3, -0.25) is 53.0 Å². The van der Waals surface area contributed by atoms with Crippen molar-refractivity contribution in [3.63, 3.8) is 0 Å². The number of imide groups is 1. The van der Waals surface area contributed by atoms with Crippen molar-refractivity contribution in [2.45, 2.75) is 189 Å². The Morgan fingerprint density at radius 2 is 1.60 bits per heavy atom. The first kappa shape index (κ1) is 63.7. The first-order valence-electron chi connectivity index (χ1n) is 28.0. The monoisotopic (exact) mass is 1090 g/mol. The lowest BCUT2D eigenvalue weighted by Gasteiger charge is -2.39. The number of piperidine rings is 1. The zero-order chi connectivity index (χ0) is 56.9. The van der Waals surface area contributed by atoms with Crippen molar-refractivity contribution in [3.8, 4) is 0 Å². The van der Waals surface area contributed by atoms with Gasteiger partial charge in [-0.25, -0.2) is 4.98 Å². The van der Waals surface area contributed by atoms with E-state index in [9.17, 15) is 48.3 Å². The van der Waals surface area contributed by atoms with Crippen molar-refractivity contribution in [1.29, 1.82) is 0 Å². The normalized spacial score (nSPS) is 18.5. The quantitative estimate of drug-likeness (QED) is 0.0299. The molecule has 0 bridgehead atoms. The zero-order valence-electron chi connectivity index (χ0n) is 47.3. The third kappa shape index (κ3) is 19.9. The molecule has 2 aliphatic rings. The Morgan fingerprint density at radius 3 is 2.21 bits per heavy atom. The van der Waals surface area contributed by atoms with Crippen LogP contribution in [0.1, 0.15) is 179 Å². The number of Topliss-reactive ketones (excluding diaryl/α,β-unsaturated/α-hetero) is 1. The molecule has 3 heterocycles. The van der Waals surface area contributed by atoms with Crippen molar-refractivity contribution in [2.75, 3.05) is 32.0 Å². The van der Waals surface area contributed by atoms with Gasteiger partial charge in [-0.15, -0.1) is 11.3 Å². The minimum absolute atomic E-state index is 0.0533. The van der Waals surface area contributed by atoms with Gasteiger partial charge in [0.05, 0.1) is 12.0 Å². The number of hydrogen-bond acceptors (Lipinski definition) is 13. The van der Waals surface area contributed by atoms with Gasteiger partial charge in [-0.1, -0.05) is 92.7 Å². The molecule has 1 saturated heterocycles. The highest BCUT2D eigenvalue weighted by molar-refractivity contribution is 7.09. The van der Waals surface area contributed by atoms with Crippen molar-refractivity contribution >= 4 is 70.2 Å². The van der Waals surface area contributed by atoms with Gasteiger partial charge in [0, 0.05) is 80.5 Å². The maximum absolute atomic E-state index is 14.7. The van der Waals surface area contributed by atoms with E-state index in [0.29, 0.717) is 48.8 Å². The van der Waals surface area contributed by atoms with Crippen LogP contribution in [0.25, 0.3) is 0 Å². The predicted octanol–water partition coefficient (Wildman–Crippen LogP) is 8.30. The first-order valence-corrected chi connectivity index (χ1v) is 28.9. The number of rotatable bonds is 33. The highest BCUT2D eigenvalue weighted by atomic mass is 32.1. The van der Waals surface area contributed by atoms with Crippen molar-refractivity contribution in [1.82, 2.24) is 30.3 Å². The molecule has 1 fully saturated rings. The summed E-state index contributed by atoms with van der Waals surface area (Å²) >= 11 is 1.15. The van der Waals surface area contributed by atoms with Crippen molar-refractivity contribution in [2.24, 2.45) is 29.6 Å². The number of likely N-dealkylation sites (tertiary alicyclic amines) is 1. The molecule has 18 nitrogen and oxygen atoms in total. The molecule has 4 rings (SSSR count). The number of likely N-dealkylation sites (N-methyl/N-ethyl adjacent to an activating group) is 1. The van der Waals surface area contributed by atoms with Gasteiger partial charge in [-0.2, -0.15) is 0 Å². The summed E-state index contributed by atoms with van der Waals surface area (Å²) in [5.41, 5.74) is 1.30. The number of benzene rings is 1. The molecular weight excluding hydrogens is 1000 g/mol. The second-order valence-electron chi connectivity index (χ2n) is 21.8. The molecule has 0 aliphatic carbocycles. The molecule has 0 unspecified atom stereocenters. The molecule has 2 aliphatic heterocycles. The van der Waals surface area contributed by atoms with Crippen LogP contribution in [0.5, 0.6) is 0 Å². The zero-order valence-corrected chi connectivity index (χ0v) is 48.1. The maximum atomic E-state index is 14.7. The number of anilines is 1. The van der Waals surface area contributed by atoms with Gasteiger partial charge in [0.2, 0.25) is 17.7 Å². The van der Waals surface area contributed by atoms with E-state index >= 15 is 0 Å². The lowest BCUT2D eigenvalue weighted by Crippen LogP contribution is -2.50. The lowest BCUT2D eigenvalue weighted by molar-refractivity contribution is -0.150. The molecule has 0 saturated carbocycles. The van der Waals surface area contributed by atoms with Crippen molar-refractivity contribution < 1.29 is 53.0 Å². The van der Waals surface area contributed by atoms with Crippen LogP contribution in [-0.4, -0.2) is 129 Å². The molecule has 426 valence electrons. The Balaban J connectivity index is 1.44. The maximum Gasteiger partial charge on any atom is 0.306 e. The highest BCUT2D eigenvalue weighted by Crippen LogP contribution is 2.34. The number of carbonyl (C=O) groups excluding carboxylic acids is 8. The number of ether oxygens (including phenoxy) is 1. The summed E-state index contributed by atoms with van der Waals surface area (Å²) in [5.74, 6) is -4.51. The van der Waals surface area contributed by atoms with Gasteiger partial charge in [0.1, 0.15) is 16.7 Å². The summed E-state index contributed by atoms with van der Waals surface area (Å²) in [6.45, 7) is 18.5. The number of nitrogens with zero attached hydrogens (tertiary/aromatic N) is 4. The number of amides is 6. The Labute approximate surface area is 460 Å². The number of carboxylic acid groups (broad SMARTS) is 1. The van der Waals surface area contributed by atoms with E-state index in [-0.39, 0.29) is 97.5 Å². The number of nitrogens with one attached hydrogen (secondary N) is 3. The van der Waals surface area contributed by atoms with E-state index in [0.717, 1.165) is 62.0 Å². The number of hydrogen-bond donors (Lipinski definition) is 4. The minimum Gasteiger partial charge on any atom is -0.481 e. The van der Waals surface area contributed by atoms with Crippen LogP contribution in [0.4, 0.5) is 5.69 Å². The number of esters is 1. The highest BCUT2D eigenvalue weighted by Gasteiger charge is 2.39. The Morgan fingerprint density at radius 1 is 0.909 bits per heavy atom. The number of carbonyl (C=O) groups is 9. The molecule has 1 aromatic carbocycles. The number of aromatic nitrogens is 1. The van der Waals surface area contributed by atoms with Crippen LogP contribution in [0.3, 0.4) is 0 Å². The summed E-state index contributed by atoms with van der Waals surface area (Å²) in [4.78, 5) is 127. The third-order valence-corrected chi connectivity index (χ3v) is 16.1. The summed E-state index contributed by atoms with van der Waals surface area (Å²) in [6, 6.07) is 4.93. The molecule has 19 heteroatoms. The Hall–Kier alpha value is -5.82. The molecule has 2 aromatic rings. The van der Waals surface area contributed by atoms with Gasteiger partial charge in [0.15, 0.2) is 11.9 Å². The number of carboxylic acids is 1. The van der Waals surface area contributed by atoms with E-state index in [1.807, 2.05) is 53.5 Å². The summed E-state index contributed by atoms with van der Waals surface area (Å²) in [5, 5.41) is 20.6. The minimum atomic E-state index is -1.03. The van der Waals surface area contributed by atoms with Gasteiger partial charge in [0.25, 0.3) is 17.7 Å². The Bertz CT molecular complexity index is 2340. The largest absolute Gasteiger partial charge is 0.481 e. The first-order chi connectivity index (χ1) is 36.6. The van der Waals surface area contributed by atoms with Crippen LogP contribution >= 0.6 is 11.3 Å². The second-order valence-corrected chi connectivity index (χ2v) is 22.6. The molecular formula is C58H87N7O11S. The molecule has 6 amide bonds. The fourth-order valence-electron chi connectivity index (χ4n) is 10.2. The number of aliphatic carboxylic acids is 1. The van der Waals surface area contributed by atoms with Crippen LogP contribution in [-0.2, 0) is 49.5 Å². The predicted molar refractivity (Wildman–Crippen MR) is 296 cm³/mol. The summed E-state index contributed by atoms with van der Waals surface area (Å²) in [6.07, 6.45) is 9.70. The molecule has 0 spiro atoms. The standard InChI is InChI=1S/C58H87N7O11S/c1-11-14-16-19-45(61-51(68)20-17-15-18-28-65-52(69)25-26-53(65)70)54(71)59-42-23-21-41(22-24-42)32-43(31-39(8)58(74)75)60-55(72)46-35-77-56(62-46)50(76-40(9)66)34-47(36(4)5)64(13-3)57(73)44(38(7)12-2)33-49(67)48-30-37(6)27-29-63(48)10/h21-26,35-39,43-45,47-48,50H,11-20,27-34H2,1-10H3,(H,59,71)(H,60,72)(H,61,68)(H,74,75)/t37-,38+,39+,43-,44+,45+,47-,48-,50-/m1/s1. The Kier molecular flexibility index (Phi) is 26.1. The van der Waals surface area contributed by atoms with Gasteiger partial charge < -0.3 is 30.7 Å². The third-order valence-electron chi connectivity index (χ3n) is 15.2.